The first-order chi connectivity index (χ1) is 8.70. The van der Waals surface area contributed by atoms with E-state index in [1.54, 1.807) is 12.3 Å². The lowest BCUT2D eigenvalue weighted by Crippen LogP contribution is -2.21. The van der Waals surface area contributed by atoms with Crippen molar-refractivity contribution in [3.8, 4) is 0 Å². The molecular weight excluding hydrogens is 229 g/mol. The van der Waals surface area contributed by atoms with Gasteiger partial charge in [0.2, 0.25) is 0 Å². The molecule has 3 nitrogen and oxygen atoms in total. The summed E-state index contributed by atoms with van der Waals surface area (Å²) < 4.78 is 13.0. The smallest absolute Gasteiger partial charge is 0.123 e. The fourth-order valence-corrected chi connectivity index (χ4v) is 1.99. The van der Waals surface area contributed by atoms with Crippen LogP contribution in [0.25, 0.3) is 0 Å². The quantitative estimate of drug-likeness (QED) is 0.852. The topological polar surface area (TPSA) is 40.7 Å². The molecule has 1 heterocycles. The number of nitrogens with one attached hydrogen (secondary N) is 2. The van der Waals surface area contributed by atoms with Gasteiger partial charge in [0.05, 0.1) is 6.04 Å². The number of aryl methyl sites for hydroxylation is 1. The van der Waals surface area contributed by atoms with Gasteiger partial charge < -0.3 is 10.3 Å². The van der Waals surface area contributed by atoms with Gasteiger partial charge in [-0.05, 0) is 36.6 Å². The number of nitrogens with zero attached hydrogens (tertiary/aromatic N) is 1. The summed E-state index contributed by atoms with van der Waals surface area (Å²) in [6.45, 7) is 4.75. The number of rotatable bonds is 5. The summed E-state index contributed by atoms with van der Waals surface area (Å²) in [6.07, 6.45) is 4.53. The Bertz CT molecular complexity index is 494. The fraction of sp³-hybridized carbons (Fsp3) is 0.357. The summed E-state index contributed by atoms with van der Waals surface area (Å²) in [7, 11) is 0. The molecule has 0 fully saturated rings. The molecule has 18 heavy (non-hydrogen) atoms. The summed E-state index contributed by atoms with van der Waals surface area (Å²) in [4.78, 5) is 7.37. The third-order valence-electron chi connectivity index (χ3n) is 3.10. The van der Waals surface area contributed by atoms with Gasteiger partial charge in [-0.25, -0.2) is 9.37 Å². The van der Waals surface area contributed by atoms with Crippen molar-refractivity contribution in [1.29, 1.82) is 0 Å². The average Bonchev–Trinajstić information content (AvgIpc) is 2.86. The third-order valence-corrected chi connectivity index (χ3v) is 3.10. The molecule has 2 N–H and O–H groups in total. The largest absolute Gasteiger partial charge is 0.347 e. The molecule has 0 aliphatic heterocycles. The Hall–Kier alpha value is -1.68. The highest BCUT2D eigenvalue weighted by molar-refractivity contribution is 5.26. The maximum Gasteiger partial charge on any atom is 0.123 e. The number of aromatic amines is 1. The van der Waals surface area contributed by atoms with Gasteiger partial charge in [0.15, 0.2) is 0 Å². The number of halogens is 1. The minimum absolute atomic E-state index is 0.186. The van der Waals surface area contributed by atoms with Crippen LogP contribution in [-0.4, -0.2) is 9.97 Å². The molecule has 0 saturated heterocycles. The Morgan fingerprint density at radius 2 is 2.28 bits per heavy atom. The van der Waals surface area contributed by atoms with Gasteiger partial charge in [-0.3, -0.25) is 0 Å². The van der Waals surface area contributed by atoms with E-state index in [9.17, 15) is 4.39 Å². The molecule has 1 aromatic heterocycles. The monoisotopic (exact) mass is 247 g/mol. The highest BCUT2D eigenvalue weighted by Gasteiger charge is 2.11. The number of imidazole rings is 1. The first-order valence-corrected chi connectivity index (χ1v) is 6.18. The van der Waals surface area contributed by atoms with Crippen LogP contribution in [0.2, 0.25) is 0 Å². The van der Waals surface area contributed by atoms with E-state index in [0.717, 1.165) is 23.4 Å². The van der Waals surface area contributed by atoms with Gasteiger partial charge in [0.25, 0.3) is 0 Å². The van der Waals surface area contributed by atoms with Crippen LogP contribution in [0.15, 0.2) is 30.6 Å². The first kappa shape index (κ1) is 12.8. The molecule has 4 heteroatoms. The van der Waals surface area contributed by atoms with Crippen LogP contribution < -0.4 is 5.32 Å². The van der Waals surface area contributed by atoms with Gasteiger partial charge in [-0.2, -0.15) is 0 Å². The van der Waals surface area contributed by atoms with Crippen LogP contribution in [0.1, 0.15) is 36.3 Å². The second kappa shape index (κ2) is 5.78. The fourth-order valence-electron chi connectivity index (χ4n) is 1.99. The van der Waals surface area contributed by atoms with Gasteiger partial charge >= 0.3 is 0 Å². The van der Waals surface area contributed by atoms with E-state index in [1.165, 1.54) is 6.07 Å². The summed E-state index contributed by atoms with van der Waals surface area (Å²) in [5, 5.41) is 3.43. The summed E-state index contributed by atoms with van der Waals surface area (Å²) in [5.41, 5.74) is 2.08. The number of hydrogen-bond acceptors (Lipinski definition) is 2. The van der Waals surface area contributed by atoms with E-state index in [0.29, 0.717) is 6.54 Å². The summed E-state index contributed by atoms with van der Waals surface area (Å²) in [5.74, 6) is 0.756. The van der Waals surface area contributed by atoms with Crippen molar-refractivity contribution in [2.75, 3.05) is 0 Å². The zero-order valence-electron chi connectivity index (χ0n) is 10.7. The van der Waals surface area contributed by atoms with E-state index in [4.69, 9.17) is 0 Å². The molecule has 2 aromatic rings. The maximum absolute atomic E-state index is 13.0. The van der Waals surface area contributed by atoms with Crippen molar-refractivity contribution in [1.82, 2.24) is 15.3 Å². The van der Waals surface area contributed by atoms with Crippen LogP contribution in [-0.2, 0) is 6.54 Å². The maximum atomic E-state index is 13.0. The molecule has 1 unspecified atom stereocenters. The third kappa shape index (κ3) is 2.96. The first-order valence-electron chi connectivity index (χ1n) is 6.18. The molecule has 1 atom stereocenters. The zero-order valence-corrected chi connectivity index (χ0v) is 10.7. The average molecular weight is 247 g/mol. The van der Waals surface area contributed by atoms with Crippen LogP contribution in [0.5, 0.6) is 0 Å². The molecule has 0 spiro atoms. The standard InChI is InChI=1S/C14H18FN3/c1-3-13(14-16-6-7-17-14)18-9-11-4-5-12(15)8-10(11)2/h4-8,13,18H,3,9H2,1-2H3,(H,16,17). The molecule has 0 amide bonds. The molecule has 0 radical (unpaired) electrons. The van der Waals surface area contributed by atoms with Crippen LogP contribution in [0, 0.1) is 12.7 Å². The highest BCUT2D eigenvalue weighted by Crippen LogP contribution is 2.15. The summed E-state index contributed by atoms with van der Waals surface area (Å²) in [6, 6.07) is 5.08. The van der Waals surface area contributed by atoms with Crippen LogP contribution in [0.3, 0.4) is 0 Å². The molecule has 96 valence electrons. The summed E-state index contributed by atoms with van der Waals surface area (Å²) >= 11 is 0. The van der Waals surface area contributed by atoms with Crippen molar-refractivity contribution < 1.29 is 4.39 Å². The Balaban J connectivity index is 2.02. The number of aromatic nitrogens is 2. The second-order valence-electron chi connectivity index (χ2n) is 4.39. The second-order valence-corrected chi connectivity index (χ2v) is 4.39. The van der Waals surface area contributed by atoms with E-state index in [1.807, 2.05) is 19.2 Å². The van der Waals surface area contributed by atoms with E-state index < -0.39 is 0 Å². The predicted octanol–water partition coefficient (Wildman–Crippen LogP) is 3.10. The van der Waals surface area contributed by atoms with Crippen LogP contribution >= 0.6 is 0 Å². The minimum atomic E-state index is -0.186. The van der Waals surface area contributed by atoms with E-state index in [2.05, 4.69) is 22.2 Å². The normalized spacial score (nSPS) is 12.6. The van der Waals surface area contributed by atoms with E-state index in [-0.39, 0.29) is 11.9 Å². The Kier molecular flexibility index (Phi) is 4.10. The van der Waals surface area contributed by atoms with Crippen LogP contribution in [0.4, 0.5) is 4.39 Å². The predicted molar refractivity (Wildman–Crippen MR) is 69.6 cm³/mol. The van der Waals surface area contributed by atoms with Gasteiger partial charge in [-0.1, -0.05) is 13.0 Å². The number of H-pyrrole nitrogens is 1. The molecule has 2 rings (SSSR count). The van der Waals surface area contributed by atoms with Crippen molar-refractivity contribution in [3.63, 3.8) is 0 Å². The van der Waals surface area contributed by atoms with Gasteiger partial charge in [0, 0.05) is 18.9 Å². The van der Waals surface area contributed by atoms with Crippen molar-refractivity contribution in [2.45, 2.75) is 32.9 Å². The molecule has 0 aliphatic carbocycles. The Labute approximate surface area is 106 Å². The van der Waals surface area contributed by atoms with Gasteiger partial charge in [-0.15, -0.1) is 0 Å². The Morgan fingerprint density at radius 3 is 2.89 bits per heavy atom. The lowest BCUT2D eigenvalue weighted by Gasteiger charge is -2.15. The van der Waals surface area contributed by atoms with E-state index >= 15 is 0 Å². The SMILES string of the molecule is CCC(NCc1ccc(F)cc1C)c1ncc[nH]1. The molecular formula is C14H18FN3. The van der Waals surface area contributed by atoms with Crippen molar-refractivity contribution in [3.05, 3.63) is 53.4 Å². The lowest BCUT2D eigenvalue weighted by molar-refractivity contribution is 0.496. The molecule has 0 aliphatic rings. The minimum Gasteiger partial charge on any atom is -0.347 e. The number of hydrogen-bond donors (Lipinski definition) is 2. The zero-order chi connectivity index (χ0) is 13.0. The molecule has 0 bridgehead atoms. The Morgan fingerprint density at radius 1 is 1.44 bits per heavy atom. The van der Waals surface area contributed by atoms with Crippen molar-refractivity contribution >= 4 is 0 Å². The number of benzene rings is 1. The highest BCUT2D eigenvalue weighted by atomic mass is 19.1. The lowest BCUT2D eigenvalue weighted by atomic mass is 10.1. The molecule has 1 aromatic carbocycles. The molecule has 0 saturated carbocycles. The van der Waals surface area contributed by atoms with Crippen molar-refractivity contribution in [2.24, 2.45) is 0 Å². The van der Waals surface area contributed by atoms with Gasteiger partial charge in [0.1, 0.15) is 11.6 Å².